The van der Waals surface area contributed by atoms with E-state index in [0.717, 1.165) is 51.4 Å². The molecule has 3 saturated carbocycles. The Morgan fingerprint density at radius 2 is 1.62 bits per heavy atom. The summed E-state index contributed by atoms with van der Waals surface area (Å²) in [5, 5.41) is 3.03. The molecule has 6 nitrogen and oxygen atoms in total. The van der Waals surface area contributed by atoms with Gasteiger partial charge in [-0.15, -0.1) is 12.4 Å². The van der Waals surface area contributed by atoms with Gasteiger partial charge in [-0.2, -0.15) is 0 Å². The zero-order valence-corrected chi connectivity index (χ0v) is 17.3. The zero-order chi connectivity index (χ0) is 18.0. The molecule has 3 aliphatic rings. The molecule has 3 aliphatic carbocycles. The van der Waals surface area contributed by atoms with Crippen molar-refractivity contribution < 1.29 is 13.2 Å². The molecule has 2 unspecified atom stereocenters. The van der Waals surface area contributed by atoms with E-state index in [-0.39, 0.29) is 36.4 Å². The number of fused-ring (bicyclic) bond motifs is 2. The molecule has 4 N–H and O–H groups in total. The summed E-state index contributed by atoms with van der Waals surface area (Å²) < 4.78 is 27.4. The van der Waals surface area contributed by atoms with Crippen molar-refractivity contribution in [2.45, 2.75) is 82.8 Å². The molecule has 0 aliphatic heterocycles. The van der Waals surface area contributed by atoms with Crippen molar-refractivity contribution in [3.63, 3.8) is 0 Å². The van der Waals surface area contributed by atoms with Gasteiger partial charge >= 0.3 is 0 Å². The van der Waals surface area contributed by atoms with Crippen molar-refractivity contribution in [2.75, 3.05) is 5.75 Å². The van der Waals surface area contributed by atoms with Gasteiger partial charge in [0.25, 0.3) is 0 Å². The third-order valence-corrected chi connectivity index (χ3v) is 7.72. The molecular formula is C18H34ClN3O3S. The Morgan fingerprint density at radius 3 is 2.19 bits per heavy atom. The highest BCUT2D eigenvalue weighted by molar-refractivity contribution is 7.90. The summed E-state index contributed by atoms with van der Waals surface area (Å²) in [6.45, 7) is 2.20. The molecule has 0 aromatic carbocycles. The molecule has 8 heteroatoms. The first-order valence-corrected chi connectivity index (χ1v) is 11.5. The molecule has 0 spiro atoms. The molecule has 2 atom stereocenters. The SMILES string of the molecule is CC1CCC(NS(=O)(=O)CC(=O)NC2C3CCCC2CC(N)C3)CC1.Cl. The second kappa shape index (κ2) is 9.22. The highest BCUT2D eigenvalue weighted by Gasteiger charge is 2.40. The number of carbonyl (C=O) groups excluding carboxylic acids is 1. The van der Waals surface area contributed by atoms with Crippen molar-refractivity contribution in [3.8, 4) is 0 Å². The quantitative estimate of drug-likeness (QED) is 0.648. The van der Waals surface area contributed by atoms with Crippen LogP contribution in [-0.4, -0.2) is 38.2 Å². The first-order chi connectivity index (χ1) is 11.8. The van der Waals surface area contributed by atoms with E-state index in [9.17, 15) is 13.2 Å². The lowest BCUT2D eigenvalue weighted by Crippen LogP contribution is -2.55. The summed E-state index contributed by atoms with van der Waals surface area (Å²) in [5.74, 6) is 0.653. The molecule has 3 rings (SSSR count). The van der Waals surface area contributed by atoms with Crippen LogP contribution in [0.25, 0.3) is 0 Å². The van der Waals surface area contributed by atoms with Crippen LogP contribution in [-0.2, 0) is 14.8 Å². The molecule has 26 heavy (non-hydrogen) atoms. The van der Waals surface area contributed by atoms with Crippen molar-refractivity contribution >= 4 is 28.3 Å². The van der Waals surface area contributed by atoms with Gasteiger partial charge in [0.15, 0.2) is 0 Å². The van der Waals surface area contributed by atoms with Gasteiger partial charge in [-0.25, -0.2) is 13.1 Å². The fraction of sp³-hybridized carbons (Fsp3) is 0.944. The first-order valence-electron chi connectivity index (χ1n) is 9.87. The summed E-state index contributed by atoms with van der Waals surface area (Å²) in [5.41, 5.74) is 6.12. The van der Waals surface area contributed by atoms with Crippen molar-refractivity contribution in [1.82, 2.24) is 10.0 Å². The molecule has 0 aromatic heterocycles. The van der Waals surface area contributed by atoms with Crippen LogP contribution in [0.4, 0.5) is 0 Å². The third kappa shape index (κ3) is 5.81. The fourth-order valence-electron chi connectivity index (χ4n) is 5.10. The first kappa shape index (κ1) is 21.9. The van der Waals surface area contributed by atoms with Crippen molar-refractivity contribution in [3.05, 3.63) is 0 Å². The molecule has 2 bridgehead atoms. The minimum Gasteiger partial charge on any atom is -0.352 e. The molecule has 0 saturated heterocycles. The standard InChI is InChI=1S/C18H33N3O3S.ClH/c1-12-5-7-16(8-6-12)21-25(23,24)11-17(22)20-18-13-3-2-4-14(18)10-15(19)9-13;/h12-16,18,21H,2-11,19H2,1H3,(H,20,22);1H. The van der Waals surface area contributed by atoms with Gasteiger partial charge in [0, 0.05) is 18.1 Å². The Kier molecular flexibility index (Phi) is 7.77. The van der Waals surface area contributed by atoms with Crippen LogP contribution in [0.2, 0.25) is 0 Å². The summed E-state index contributed by atoms with van der Waals surface area (Å²) in [7, 11) is -3.57. The molecule has 0 aromatic rings. The van der Waals surface area contributed by atoms with E-state index in [0.29, 0.717) is 17.8 Å². The number of amides is 1. The number of hydrogen-bond donors (Lipinski definition) is 3. The average molecular weight is 408 g/mol. The highest BCUT2D eigenvalue weighted by Crippen LogP contribution is 2.39. The van der Waals surface area contributed by atoms with E-state index in [1.54, 1.807) is 0 Å². The molecular weight excluding hydrogens is 374 g/mol. The van der Waals surface area contributed by atoms with Gasteiger partial charge < -0.3 is 11.1 Å². The monoisotopic (exact) mass is 407 g/mol. The normalized spacial score (nSPS) is 37.5. The van der Waals surface area contributed by atoms with Crippen LogP contribution in [0.15, 0.2) is 0 Å². The molecule has 0 heterocycles. The fourth-order valence-corrected chi connectivity index (χ4v) is 6.35. The average Bonchev–Trinajstić information content (AvgIpc) is 2.49. The molecule has 1 amide bonds. The van der Waals surface area contributed by atoms with Gasteiger partial charge in [-0.3, -0.25) is 4.79 Å². The Balaban J connectivity index is 0.00000243. The zero-order valence-electron chi connectivity index (χ0n) is 15.7. The van der Waals surface area contributed by atoms with E-state index in [4.69, 9.17) is 5.73 Å². The number of rotatable bonds is 5. The topological polar surface area (TPSA) is 101 Å². The van der Waals surface area contributed by atoms with Crippen LogP contribution in [0, 0.1) is 17.8 Å². The van der Waals surface area contributed by atoms with Crippen LogP contribution in [0.5, 0.6) is 0 Å². The lowest BCUT2D eigenvalue weighted by molar-refractivity contribution is -0.120. The largest absolute Gasteiger partial charge is 0.352 e. The predicted molar refractivity (Wildman–Crippen MR) is 106 cm³/mol. The van der Waals surface area contributed by atoms with Crippen molar-refractivity contribution in [1.29, 1.82) is 0 Å². The number of hydrogen-bond acceptors (Lipinski definition) is 4. The second-order valence-electron chi connectivity index (χ2n) is 8.61. The van der Waals surface area contributed by atoms with E-state index in [2.05, 4.69) is 17.0 Å². The number of nitrogens with one attached hydrogen (secondary N) is 2. The molecule has 3 fully saturated rings. The van der Waals surface area contributed by atoms with Gasteiger partial charge in [0.2, 0.25) is 15.9 Å². The van der Waals surface area contributed by atoms with Gasteiger partial charge in [0.05, 0.1) is 0 Å². The van der Waals surface area contributed by atoms with E-state index >= 15 is 0 Å². The number of nitrogens with two attached hydrogens (primary N) is 1. The Bertz CT molecular complexity index is 564. The van der Waals surface area contributed by atoms with Gasteiger partial charge in [0.1, 0.15) is 5.75 Å². The third-order valence-electron chi connectivity index (χ3n) is 6.39. The van der Waals surface area contributed by atoms with Crippen LogP contribution >= 0.6 is 12.4 Å². The summed E-state index contributed by atoms with van der Waals surface area (Å²) in [4.78, 5) is 12.4. The summed E-state index contributed by atoms with van der Waals surface area (Å²) in [6.07, 6.45) is 9.06. The Hall–Kier alpha value is -0.370. The smallest absolute Gasteiger partial charge is 0.236 e. The number of carbonyl (C=O) groups is 1. The lowest BCUT2D eigenvalue weighted by atomic mass is 9.67. The lowest BCUT2D eigenvalue weighted by Gasteiger charge is -2.45. The van der Waals surface area contributed by atoms with Gasteiger partial charge in [-0.05, 0) is 69.1 Å². The minimum atomic E-state index is -3.57. The van der Waals surface area contributed by atoms with Crippen molar-refractivity contribution in [2.24, 2.45) is 23.5 Å². The minimum absolute atomic E-state index is 0. The Morgan fingerprint density at radius 1 is 1.04 bits per heavy atom. The molecule has 0 radical (unpaired) electrons. The maximum atomic E-state index is 12.4. The highest BCUT2D eigenvalue weighted by atomic mass is 35.5. The van der Waals surface area contributed by atoms with Crippen LogP contribution < -0.4 is 15.8 Å². The van der Waals surface area contributed by atoms with Gasteiger partial charge in [-0.1, -0.05) is 13.3 Å². The Labute approximate surface area is 163 Å². The van der Waals surface area contributed by atoms with E-state index < -0.39 is 15.8 Å². The maximum Gasteiger partial charge on any atom is 0.236 e. The van der Waals surface area contributed by atoms with E-state index in [1.165, 1.54) is 6.42 Å². The second-order valence-corrected chi connectivity index (χ2v) is 10.4. The number of sulfonamides is 1. The maximum absolute atomic E-state index is 12.4. The van der Waals surface area contributed by atoms with Crippen LogP contribution in [0.3, 0.4) is 0 Å². The number of halogens is 1. The summed E-state index contributed by atoms with van der Waals surface area (Å²) >= 11 is 0. The van der Waals surface area contributed by atoms with Crippen LogP contribution in [0.1, 0.15) is 64.7 Å². The predicted octanol–water partition coefficient (Wildman–Crippen LogP) is 1.93. The molecule has 152 valence electrons. The summed E-state index contributed by atoms with van der Waals surface area (Å²) in [6, 6.07) is 0.315. The van der Waals surface area contributed by atoms with E-state index in [1.807, 2.05) is 0 Å².